The second-order valence-electron chi connectivity index (χ2n) is 6.11. The Labute approximate surface area is 135 Å². The summed E-state index contributed by atoms with van der Waals surface area (Å²) in [5.74, 6) is 0.371. The Hall–Kier alpha value is -1.53. The predicted octanol–water partition coefficient (Wildman–Crippen LogP) is 2.69. The lowest BCUT2D eigenvalue weighted by molar-refractivity contribution is -0.119. The molecule has 1 aromatic carbocycles. The molecule has 0 fully saturated rings. The van der Waals surface area contributed by atoms with Gasteiger partial charge in [0, 0.05) is 19.2 Å². The molecule has 22 heavy (non-hydrogen) atoms. The number of nitrogens with one attached hydrogen (secondary N) is 1. The van der Waals surface area contributed by atoms with E-state index in [1.54, 1.807) is 7.11 Å². The van der Waals surface area contributed by atoms with E-state index < -0.39 is 0 Å². The number of nitrogens with zero attached hydrogens (tertiary/aromatic N) is 2. The Morgan fingerprint density at radius 1 is 1.36 bits per heavy atom. The van der Waals surface area contributed by atoms with E-state index in [0.29, 0.717) is 12.4 Å². The summed E-state index contributed by atoms with van der Waals surface area (Å²) in [5, 5.41) is 3.81. The van der Waals surface area contributed by atoms with Gasteiger partial charge in [-0.05, 0) is 32.9 Å². The van der Waals surface area contributed by atoms with Gasteiger partial charge in [0.1, 0.15) is 0 Å². The number of aromatic nitrogens is 2. The van der Waals surface area contributed by atoms with Crippen LogP contribution in [0.25, 0.3) is 11.0 Å². The summed E-state index contributed by atoms with van der Waals surface area (Å²) in [6.07, 6.45) is 0. The molecule has 1 heterocycles. The molecule has 2 aromatic rings. The highest BCUT2D eigenvalue weighted by Crippen LogP contribution is 2.24. The van der Waals surface area contributed by atoms with E-state index in [2.05, 4.69) is 14.9 Å². The molecule has 120 valence electrons. The average molecular weight is 321 g/mol. The summed E-state index contributed by atoms with van der Waals surface area (Å²) >= 11 is 1.46. The average Bonchev–Trinajstić information content (AvgIpc) is 2.79. The van der Waals surface area contributed by atoms with Gasteiger partial charge in [-0.3, -0.25) is 4.79 Å². The number of carbonyl (C=O) groups is 1. The molecule has 0 radical (unpaired) electrons. The lowest BCUT2D eigenvalue weighted by Crippen LogP contribution is -2.41. The first-order valence-electron chi connectivity index (χ1n) is 7.29. The fourth-order valence-corrected chi connectivity index (χ4v) is 2.99. The van der Waals surface area contributed by atoms with Crippen molar-refractivity contribution in [1.82, 2.24) is 14.9 Å². The largest absolute Gasteiger partial charge is 0.383 e. The molecule has 2 rings (SSSR count). The summed E-state index contributed by atoms with van der Waals surface area (Å²) in [5.41, 5.74) is 1.80. The van der Waals surface area contributed by atoms with Gasteiger partial charge in [0.15, 0.2) is 5.16 Å². The number of methoxy groups -OCH3 is 1. The number of para-hydroxylation sites is 2. The van der Waals surface area contributed by atoms with Crippen molar-refractivity contribution >= 4 is 28.7 Å². The van der Waals surface area contributed by atoms with Crippen LogP contribution in [0.15, 0.2) is 29.4 Å². The van der Waals surface area contributed by atoms with Crippen LogP contribution >= 0.6 is 11.8 Å². The smallest absolute Gasteiger partial charge is 0.230 e. The molecular formula is C16H23N3O2S. The maximum atomic E-state index is 12.0. The van der Waals surface area contributed by atoms with Gasteiger partial charge >= 0.3 is 0 Å². The molecule has 0 saturated heterocycles. The van der Waals surface area contributed by atoms with E-state index in [-0.39, 0.29) is 11.4 Å². The zero-order valence-electron chi connectivity index (χ0n) is 13.5. The van der Waals surface area contributed by atoms with Crippen molar-refractivity contribution in [1.29, 1.82) is 0 Å². The molecule has 0 saturated carbocycles. The van der Waals surface area contributed by atoms with E-state index in [9.17, 15) is 4.79 Å². The van der Waals surface area contributed by atoms with Crippen molar-refractivity contribution in [3.8, 4) is 0 Å². The third kappa shape index (κ3) is 4.48. The first-order valence-corrected chi connectivity index (χ1v) is 8.27. The molecule has 1 N–H and O–H groups in total. The minimum Gasteiger partial charge on any atom is -0.383 e. The molecule has 1 amide bonds. The van der Waals surface area contributed by atoms with Crippen LogP contribution in [0.3, 0.4) is 0 Å². The van der Waals surface area contributed by atoms with Crippen LogP contribution in [0.1, 0.15) is 20.8 Å². The summed E-state index contributed by atoms with van der Waals surface area (Å²) in [4.78, 5) is 16.6. The number of amides is 1. The second-order valence-corrected chi connectivity index (χ2v) is 7.06. The maximum absolute atomic E-state index is 12.0. The molecule has 0 atom stereocenters. The standard InChI is InChI=1S/C16H23N3O2S/c1-16(2,3)18-14(20)11-22-15-17-12-7-5-6-8-13(12)19(15)9-10-21-4/h5-8H,9-11H2,1-4H3,(H,18,20). The SMILES string of the molecule is COCCn1c(SCC(=O)NC(C)(C)C)nc2ccccc21. The number of imidazole rings is 1. The van der Waals surface area contributed by atoms with Gasteiger partial charge < -0.3 is 14.6 Å². The monoisotopic (exact) mass is 321 g/mol. The van der Waals surface area contributed by atoms with E-state index in [0.717, 1.165) is 22.7 Å². The van der Waals surface area contributed by atoms with Crippen molar-refractivity contribution in [2.24, 2.45) is 0 Å². The lowest BCUT2D eigenvalue weighted by atomic mass is 10.1. The van der Waals surface area contributed by atoms with Gasteiger partial charge in [0.25, 0.3) is 0 Å². The van der Waals surface area contributed by atoms with Crippen molar-refractivity contribution in [2.45, 2.75) is 38.0 Å². The summed E-state index contributed by atoms with van der Waals surface area (Å²) < 4.78 is 7.28. The summed E-state index contributed by atoms with van der Waals surface area (Å²) in [6.45, 7) is 7.26. The number of rotatable bonds is 6. The highest BCUT2D eigenvalue weighted by atomic mass is 32.2. The minimum atomic E-state index is -0.214. The highest BCUT2D eigenvalue weighted by molar-refractivity contribution is 7.99. The zero-order chi connectivity index (χ0) is 16.2. The summed E-state index contributed by atoms with van der Waals surface area (Å²) in [6, 6.07) is 7.99. The van der Waals surface area contributed by atoms with Crippen LogP contribution in [0.5, 0.6) is 0 Å². The Bertz CT molecular complexity index is 646. The molecule has 0 aliphatic heterocycles. The number of ether oxygens (including phenoxy) is 1. The molecular weight excluding hydrogens is 298 g/mol. The van der Waals surface area contributed by atoms with Crippen molar-refractivity contribution < 1.29 is 9.53 Å². The first-order chi connectivity index (χ1) is 10.4. The minimum absolute atomic E-state index is 0.0165. The molecule has 0 bridgehead atoms. The predicted molar refractivity (Wildman–Crippen MR) is 90.2 cm³/mol. The molecule has 6 heteroatoms. The van der Waals surface area contributed by atoms with Crippen molar-refractivity contribution in [2.75, 3.05) is 19.5 Å². The first kappa shape index (κ1) is 16.8. The quantitative estimate of drug-likeness (QED) is 0.831. The van der Waals surface area contributed by atoms with Crippen LogP contribution in [0.4, 0.5) is 0 Å². The number of thioether (sulfide) groups is 1. The second kappa shape index (κ2) is 7.15. The maximum Gasteiger partial charge on any atom is 0.230 e. The van der Waals surface area contributed by atoms with Crippen LogP contribution < -0.4 is 5.32 Å². The number of fused-ring (bicyclic) bond motifs is 1. The Balaban J connectivity index is 2.14. The molecule has 0 aliphatic carbocycles. The van der Waals surface area contributed by atoms with Crippen molar-refractivity contribution in [3.05, 3.63) is 24.3 Å². The molecule has 1 aromatic heterocycles. The molecule has 5 nitrogen and oxygen atoms in total. The van der Waals surface area contributed by atoms with Gasteiger partial charge in [-0.1, -0.05) is 23.9 Å². The van der Waals surface area contributed by atoms with Crippen LogP contribution in [0.2, 0.25) is 0 Å². The van der Waals surface area contributed by atoms with E-state index in [1.807, 2.05) is 45.0 Å². The van der Waals surface area contributed by atoms with Crippen molar-refractivity contribution in [3.63, 3.8) is 0 Å². The number of carbonyl (C=O) groups excluding carboxylic acids is 1. The van der Waals surface area contributed by atoms with Gasteiger partial charge in [0.2, 0.25) is 5.91 Å². The fraction of sp³-hybridized carbons (Fsp3) is 0.500. The van der Waals surface area contributed by atoms with Gasteiger partial charge in [-0.15, -0.1) is 0 Å². The van der Waals surface area contributed by atoms with Crippen LogP contribution in [-0.4, -0.2) is 40.5 Å². The number of hydrogen-bond acceptors (Lipinski definition) is 4. The van der Waals surface area contributed by atoms with Gasteiger partial charge in [-0.2, -0.15) is 0 Å². The lowest BCUT2D eigenvalue weighted by Gasteiger charge is -2.20. The zero-order valence-corrected chi connectivity index (χ0v) is 14.4. The Morgan fingerprint density at radius 3 is 2.77 bits per heavy atom. The third-order valence-electron chi connectivity index (χ3n) is 2.99. The molecule has 0 spiro atoms. The van der Waals surface area contributed by atoms with E-state index in [1.165, 1.54) is 11.8 Å². The van der Waals surface area contributed by atoms with Crippen LogP contribution in [0, 0.1) is 0 Å². The summed E-state index contributed by atoms with van der Waals surface area (Å²) in [7, 11) is 1.68. The van der Waals surface area contributed by atoms with Gasteiger partial charge in [-0.25, -0.2) is 4.98 Å². The normalized spacial score (nSPS) is 11.8. The fourth-order valence-electron chi connectivity index (χ4n) is 2.15. The number of benzene rings is 1. The van der Waals surface area contributed by atoms with E-state index >= 15 is 0 Å². The third-order valence-corrected chi connectivity index (χ3v) is 3.96. The Morgan fingerprint density at radius 2 is 2.09 bits per heavy atom. The highest BCUT2D eigenvalue weighted by Gasteiger charge is 2.16. The molecule has 0 unspecified atom stereocenters. The van der Waals surface area contributed by atoms with Crippen LogP contribution in [-0.2, 0) is 16.1 Å². The van der Waals surface area contributed by atoms with E-state index in [4.69, 9.17) is 4.74 Å². The molecule has 0 aliphatic rings. The Kier molecular flexibility index (Phi) is 5.47. The topological polar surface area (TPSA) is 56.1 Å². The number of hydrogen-bond donors (Lipinski definition) is 1. The van der Waals surface area contributed by atoms with Gasteiger partial charge in [0.05, 0.1) is 23.4 Å².